The molecule has 136 valence electrons. The van der Waals surface area contributed by atoms with Gasteiger partial charge in [-0.3, -0.25) is 4.79 Å². The molecule has 4 rings (SSSR count). The van der Waals surface area contributed by atoms with E-state index in [4.69, 9.17) is 0 Å². The normalized spacial score (nSPS) is 17.4. The number of nitrogens with zero attached hydrogens (tertiary/aromatic N) is 2. The molecular weight excluding hydrogens is 324 g/mol. The second-order valence-electron chi connectivity index (χ2n) is 6.98. The summed E-state index contributed by atoms with van der Waals surface area (Å²) in [4.78, 5) is 17.3. The average Bonchev–Trinajstić information content (AvgIpc) is 3.24. The third-order valence-electron chi connectivity index (χ3n) is 5.19. The van der Waals surface area contributed by atoms with E-state index in [9.17, 15) is 4.79 Å². The Labute approximate surface area is 155 Å². The summed E-state index contributed by atoms with van der Waals surface area (Å²) in [5.41, 5.74) is 3.89. The molecule has 2 N–H and O–H groups in total. The number of nitrogens with one attached hydrogen (secondary N) is 2. The van der Waals surface area contributed by atoms with Crippen LogP contribution < -0.4 is 20.4 Å². The van der Waals surface area contributed by atoms with Crippen LogP contribution in [0.3, 0.4) is 0 Å². The number of rotatable bonds is 4. The van der Waals surface area contributed by atoms with E-state index in [0.717, 1.165) is 50.6 Å². The van der Waals surface area contributed by atoms with Crippen molar-refractivity contribution in [1.29, 1.82) is 0 Å². The number of anilines is 3. The second kappa shape index (κ2) is 7.79. The van der Waals surface area contributed by atoms with Crippen molar-refractivity contribution >= 4 is 23.0 Å². The van der Waals surface area contributed by atoms with Crippen LogP contribution in [0.4, 0.5) is 17.1 Å². The Balaban J connectivity index is 1.42. The third-order valence-corrected chi connectivity index (χ3v) is 5.19. The Morgan fingerprint density at radius 2 is 1.54 bits per heavy atom. The standard InChI is InChI=1S/C21H26N4O/c26-21(17-4-3-5-20(16-17)24-12-1-2-13-24)23-18-6-8-19(9-7-18)25-14-10-22-11-15-25/h3-9,16,22H,1-2,10-15H2,(H,23,26). The molecule has 5 heteroatoms. The lowest BCUT2D eigenvalue weighted by molar-refractivity contribution is 0.102. The number of carbonyl (C=O) groups is 1. The molecule has 0 spiro atoms. The van der Waals surface area contributed by atoms with Gasteiger partial charge in [0.1, 0.15) is 0 Å². The summed E-state index contributed by atoms with van der Waals surface area (Å²) in [6.07, 6.45) is 2.46. The molecule has 0 radical (unpaired) electrons. The van der Waals surface area contributed by atoms with Crippen LogP contribution in [0.15, 0.2) is 48.5 Å². The molecule has 0 saturated carbocycles. The summed E-state index contributed by atoms with van der Waals surface area (Å²) in [6.45, 7) is 6.25. The Morgan fingerprint density at radius 1 is 0.846 bits per heavy atom. The van der Waals surface area contributed by atoms with Crippen molar-refractivity contribution in [2.45, 2.75) is 12.8 Å². The summed E-state index contributed by atoms with van der Waals surface area (Å²) < 4.78 is 0. The molecule has 2 aromatic rings. The van der Waals surface area contributed by atoms with Gasteiger partial charge in [-0.25, -0.2) is 0 Å². The van der Waals surface area contributed by atoms with Gasteiger partial charge in [-0.2, -0.15) is 0 Å². The maximum Gasteiger partial charge on any atom is 0.255 e. The Hall–Kier alpha value is -2.53. The molecule has 0 atom stereocenters. The fraction of sp³-hybridized carbons (Fsp3) is 0.381. The first-order chi connectivity index (χ1) is 12.8. The van der Waals surface area contributed by atoms with E-state index in [2.05, 4.69) is 38.6 Å². The van der Waals surface area contributed by atoms with Gasteiger partial charge < -0.3 is 20.4 Å². The predicted octanol–water partition coefficient (Wildman–Crippen LogP) is 2.95. The summed E-state index contributed by atoms with van der Waals surface area (Å²) in [5, 5.41) is 6.38. The highest BCUT2D eigenvalue weighted by atomic mass is 16.1. The zero-order valence-electron chi connectivity index (χ0n) is 15.1. The first kappa shape index (κ1) is 16.9. The lowest BCUT2D eigenvalue weighted by Gasteiger charge is -2.29. The highest BCUT2D eigenvalue weighted by Crippen LogP contribution is 2.22. The molecule has 2 aliphatic heterocycles. The molecule has 2 saturated heterocycles. The van der Waals surface area contributed by atoms with E-state index in [1.54, 1.807) is 0 Å². The fourth-order valence-electron chi connectivity index (χ4n) is 3.70. The van der Waals surface area contributed by atoms with Crippen LogP contribution in [0.2, 0.25) is 0 Å². The molecule has 26 heavy (non-hydrogen) atoms. The highest BCUT2D eigenvalue weighted by molar-refractivity contribution is 6.04. The molecule has 0 aliphatic carbocycles. The smallest absolute Gasteiger partial charge is 0.255 e. The van der Waals surface area contributed by atoms with Crippen molar-refractivity contribution in [2.75, 3.05) is 54.4 Å². The van der Waals surface area contributed by atoms with Crippen LogP contribution in [0.5, 0.6) is 0 Å². The van der Waals surface area contributed by atoms with Gasteiger partial charge >= 0.3 is 0 Å². The average molecular weight is 350 g/mol. The van der Waals surface area contributed by atoms with Crippen molar-refractivity contribution in [1.82, 2.24) is 5.32 Å². The van der Waals surface area contributed by atoms with Crippen LogP contribution in [0.1, 0.15) is 23.2 Å². The predicted molar refractivity (Wildman–Crippen MR) is 107 cm³/mol. The van der Waals surface area contributed by atoms with Crippen LogP contribution in [-0.4, -0.2) is 45.2 Å². The van der Waals surface area contributed by atoms with E-state index >= 15 is 0 Å². The zero-order valence-corrected chi connectivity index (χ0v) is 15.1. The quantitative estimate of drug-likeness (QED) is 0.890. The summed E-state index contributed by atoms with van der Waals surface area (Å²) in [6, 6.07) is 16.1. The minimum Gasteiger partial charge on any atom is -0.372 e. The van der Waals surface area contributed by atoms with Crippen molar-refractivity contribution in [3.63, 3.8) is 0 Å². The molecule has 2 fully saturated rings. The van der Waals surface area contributed by atoms with E-state index in [1.165, 1.54) is 18.5 Å². The number of carbonyl (C=O) groups excluding carboxylic acids is 1. The second-order valence-corrected chi connectivity index (χ2v) is 6.98. The van der Waals surface area contributed by atoms with Gasteiger partial charge in [-0.05, 0) is 55.3 Å². The largest absolute Gasteiger partial charge is 0.372 e. The van der Waals surface area contributed by atoms with Crippen molar-refractivity contribution < 1.29 is 4.79 Å². The number of hydrogen-bond acceptors (Lipinski definition) is 4. The first-order valence-electron chi connectivity index (χ1n) is 9.52. The Kier molecular flexibility index (Phi) is 5.07. The molecule has 2 heterocycles. The molecular formula is C21H26N4O. The first-order valence-corrected chi connectivity index (χ1v) is 9.52. The minimum absolute atomic E-state index is 0.0547. The molecule has 0 unspecified atom stereocenters. The SMILES string of the molecule is O=C(Nc1ccc(N2CCNCC2)cc1)c1cccc(N2CCCC2)c1. The molecule has 5 nitrogen and oxygen atoms in total. The van der Waals surface area contributed by atoms with Crippen molar-refractivity contribution in [2.24, 2.45) is 0 Å². The minimum atomic E-state index is -0.0547. The summed E-state index contributed by atoms with van der Waals surface area (Å²) in [7, 11) is 0. The molecule has 2 aromatic carbocycles. The Morgan fingerprint density at radius 3 is 2.27 bits per heavy atom. The van der Waals surface area contributed by atoms with Gasteiger partial charge in [-0.1, -0.05) is 6.07 Å². The molecule has 0 aromatic heterocycles. The van der Waals surface area contributed by atoms with Gasteiger partial charge in [0.2, 0.25) is 0 Å². The van der Waals surface area contributed by atoms with Gasteiger partial charge in [0.25, 0.3) is 5.91 Å². The summed E-state index contributed by atoms with van der Waals surface area (Å²) >= 11 is 0. The van der Waals surface area contributed by atoms with Crippen molar-refractivity contribution in [3.05, 3.63) is 54.1 Å². The van der Waals surface area contributed by atoms with Crippen LogP contribution in [0.25, 0.3) is 0 Å². The van der Waals surface area contributed by atoms with E-state index in [-0.39, 0.29) is 5.91 Å². The number of hydrogen-bond donors (Lipinski definition) is 2. The van der Waals surface area contributed by atoms with Crippen LogP contribution in [0, 0.1) is 0 Å². The third kappa shape index (κ3) is 3.83. The monoisotopic (exact) mass is 350 g/mol. The van der Waals surface area contributed by atoms with Gasteiger partial charge in [0.15, 0.2) is 0 Å². The van der Waals surface area contributed by atoms with Gasteiger partial charge in [-0.15, -0.1) is 0 Å². The van der Waals surface area contributed by atoms with Crippen LogP contribution >= 0.6 is 0 Å². The summed E-state index contributed by atoms with van der Waals surface area (Å²) in [5.74, 6) is -0.0547. The zero-order chi connectivity index (χ0) is 17.8. The lowest BCUT2D eigenvalue weighted by atomic mass is 10.1. The fourth-order valence-corrected chi connectivity index (χ4v) is 3.70. The highest BCUT2D eigenvalue weighted by Gasteiger charge is 2.15. The van der Waals surface area contributed by atoms with E-state index < -0.39 is 0 Å². The molecule has 1 amide bonds. The van der Waals surface area contributed by atoms with E-state index in [0.29, 0.717) is 5.56 Å². The number of amides is 1. The lowest BCUT2D eigenvalue weighted by Crippen LogP contribution is -2.43. The van der Waals surface area contributed by atoms with E-state index in [1.807, 2.05) is 30.3 Å². The topological polar surface area (TPSA) is 47.6 Å². The van der Waals surface area contributed by atoms with Crippen molar-refractivity contribution in [3.8, 4) is 0 Å². The maximum atomic E-state index is 12.6. The maximum absolute atomic E-state index is 12.6. The van der Waals surface area contributed by atoms with Crippen LogP contribution in [-0.2, 0) is 0 Å². The number of benzene rings is 2. The van der Waals surface area contributed by atoms with Gasteiger partial charge in [0, 0.05) is 61.9 Å². The Bertz CT molecular complexity index is 747. The van der Waals surface area contributed by atoms with Gasteiger partial charge in [0.05, 0.1) is 0 Å². The molecule has 2 aliphatic rings. The number of piperazine rings is 1. The molecule has 0 bridgehead atoms.